The van der Waals surface area contributed by atoms with Gasteiger partial charge < -0.3 is 5.32 Å². The second-order valence-electron chi connectivity index (χ2n) is 6.16. The molecule has 0 spiro atoms. The van der Waals surface area contributed by atoms with Crippen LogP contribution < -0.4 is 5.32 Å². The molecule has 0 saturated heterocycles. The van der Waals surface area contributed by atoms with Gasteiger partial charge in [-0.25, -0.2) is 0 Å². The van der Waals surface area contributed by atoms with Gasteiger partial charge in [-0.3, -0.25) is 0 Å². The maximum absolute atomic E-state index is 3.63. The number of hydrogen-bond donors (Lipinski definition) is 1. The summed E-state index contributed by atoms with van der Waals surface area (Å²) < 4.78 is 2.39. The van der Waals surface area contributed by atoms with E-state index < -0.39 is 0 Å². The van der Waals surface area contributed by atoms with Gasteiger partial charge in [-0.05, 0) is 75.6 Å². The standard InChI is InChI=1S/C15H23Br2NS/c1-10(2)9-15(6-4-5-7-15)13(18-3)12-8-11(16)14(17)19-12/h8,10,13,18H,4-7,9H2,1-3H3. The predicted octanol–water partition coefficient (Wildman–Crippen LogP) is 6.14. The molecule has 1 N–H and O–H groups in total. The number of nitrogens with one attached hydrogen (secondary N) is 1. The number of halogens is 2. The van der Waals surface area contributed by atoms with Crippen molar-refractivity contribution in [3.05, 3.63) is 19.2 Å². The van der Waals surface area contributed by atoms with Crippen LogP contribution in [-0.2, 0) is 0 Å². The molecule has 1 aromatic heterocycles. The molecular weight excluding hydrogens is 386 g/mol. The summed E-state index contributed by atoms with van der Waals surface area (Å²) in [7, 11) is 2.12. The highest BCUT2D eigenvalue weighted by Crippen LogP contribution is 2.53. The first-order valence-electron chi connectivity index (χ1n) is 7.10. The minimum Gasteiger partial charge on any atom is -0.312 e. The van der Waals surface area contributed by atoms with Gasteiger partial charge in [0.2, 0.25) is 0 Å². The Morgan fingerprint density at radius 3 is 2.37 bits per heavy atom. The maximum Gasteiger partial charge on any atom is 0.0843 e. The Morgan fingerprint density at radius 2 is 1.95 bits per heavy atom. The van der Waals surface area contributed by atoms with Crippen LogP contribution in [-0.4, -0.2) is 7.05 Å². The Morgan fingerprint density at radius 1 is 1.32 bits per heavy atom. The van der Waals surface area contributed by atoms with Gasteiger partial charge in [-0.15, -0.1) is 11.3 Å². The molecule has 0 radical (unpaired) electrons. The molecule has 1 nitrogen and oxygen atoms in total. The molecule has 1 aliphatic carbocycles. The van der Waals surface area contributed by atoms with Crippen LogP contribution in [0.25, 0.3) is 0 Å². The van der Waals surface area contributed by atoms with Crippen LogP contribution in [0.5, 0.6) is 0 Å². The lowest BCUT2D eigenvalue weighted by molar-refractivity contribution is 0.164. The van der Waals surface area contributed by atoms with Crippen molar-refractivity contribution in [2.24, 2.45) is 11.3 Å². The normalized spacial score (nSPS) is 20.1. The van der Waals surface area contributed by atoms with E-state index >= 15 is 0 Å². The summed E-state index contributed by atoms with van der Waals surface area (Å²) in [4.78, 5) is 1.46. The Labute approximate surface area is 137 Å². The highest BCUT2D eigenvalue weighted by atomic mass is 79.9. The van der Waals surface area contributed by atoms with Gasteiger partial charge in [0.15, 0.2) is 0 Å². The van der Waals surface area contributed by atoms with Crippen LogP contribution in [0.3, 0.4) is 0 Å². The summed E-state index contributed by atoms with van der Waals surface area (Å²) in [5.74, 6) is 0.765. The van der Waals surface area contributed by atoms with Crippen LogP contribution in [0.1, 0.15) is 56.9 Å². The molecule has 1 heterocycles. The monoisotopic (exact) mass is 407 g/mol. The van der Waals surface area contributed by atoms with Gasteiger partial charge in [0.05, 0.1) is 3.79 Å². The molecule has 1 unspecified atom stereocenters. The second kappa shape index (κ2) is 6.59. The molecule has 0 bridgehead atoms. The van der Waals surface area contributed by atoms with Gasteiger partial charge in [-0.1, -0.05) is 26.7 Å². The molecule has 0 amide bonds. The zero-order valence-corrected chi connectivity index (χ0v) is 15.9. The van der Waals surface area contributed by atoms with E-state index in [1.54, 1.807) is 0 Å². The van der Waals surface area contributed by atoms with Crippen molar-refractivity contribution < 1.29 is 0 Å². The van der Waals surface area contributed by atoms with Gasteiger partial charge in [0.25, 0.3) is 0 Å². The minimum absolute atomic E-state index is 0.451. The van der Waals surface area contributed by atoms with Crippen LogP contribution in [0.4, 0.5) is 0 Å². The van der Waals surface area contributed by atoms with Gasteiger partial charge in [0.1, 0.15) is 0 Å². The molecule has 1 saturated carbocycles. The van der Waals surface area contributed by atoms with E-state index in [-0.39, 0.29) is 0 Å². The van der Waals surface area contributed by atoms with Crippen LogP contribution in [0, 0.1) is 11.3 Å². The molecule has 2 rings (SSSR count). The molecule has 1 atom stereocenters. The highest BCUT2D eigenvalue weighted by Gasteiger charge is 2.42. The molecule has 4 heteroatoms. The number of rotatable bonds is 5. The summed E-state index contributed by atoms with van der Waals surface area (Å²) in [6.07, 6.45) is 6.83. The smallest absolute Gasteiger partial charge is 0.0843 e. The Kier molecular flexibility index (Phi) is 5.55. The first kappa shape index (κ1) is 16.0. The summed E-state index contributed by atoms with van der Waals surface area (Å²) in [6.45, 7) is 4.71. The van der Waals surface area contributed by atoms with E-state index in [1.165, 1.54) is 45.2 Å². The Hall–Kier alpha value is 0.620. The van der Waals surface area contributed by atoms with E-state index in [1.807, 2.05) is 11.3 Å². The lowest BCUT2D eigenvalue weighted by atomic mass is 9.72. The van der Waals surface area contributed by atoms with E-state index in [4.69, 9.17) is 0 Å². The summed E-state index contributed by atoms with van der Waals surface area (Å²) in [5.41, 5.74) is 0.451. The number of thiophene rings is 1. The zero-order chi connectivity index (χ0) is 14.0. The third-order valence-electron chi connectivity index (χ3n) is 4.26. The SMILES string of the molecule is CNC(c1cc(Br)c(Br)s1)C1(CC(C)C)CCCC1. The molecule has 1 aromatic rings. The lowest BCUT2D eigenvalue weighted by Gasteiger charge is -2.38. The minimum atomic E-state index is 0.451. The Bertz CT molecular complexity index is 402. The molecule has 108 valence electrons. The van der Waals surface area contributed by atoms with Crippen molar-refractivity contribution in [1.82, 2.24) is 5.32 Å². The summed E-state index contributed by atoms with van der Waals surface area (Å²) >= 11 is 9.13. The van der Waals surface area contributed by atoms with Crippen molar-refractivity contribution in [3.63, 3.8) is 0 Å². The van der Waals surface area contributed by atoms with Crippen molar-refractivity contribution >= 4 is 43.2 Å². The largest absolute Gasteiger partial charge is 0.312 e. The van der Waals surface area contributed by atoms with E-state index in [2.05, 4.69) is 64.1 Å². The fraction of sp³-hybridized carbons (Fsp3) is 0.733. The highest BCUT2D eigenvalue weighted by molar-refractivity contribution is 9.13. The topological polar surface area (TPSA) is 12.0 Å². The van der Waals surface area contributed by atoms with E-state index in [9.17, 15) is 0 Å². The Balaban J connectivity index is 2.32. The van der Waals surface area contributed by atoms with Gasteiger partial charge in [-0.2, -0.15) is 0 Å². The molecule has 1 aliphatic rings. The van der Waals surface area contributed by atoms with Crippen LogP contribution >= 0.6 is 43.2 Å². The zero-order valence-electron chi connectivity index (χ0n) is 11.9. The van der Waals surface area contributed by atoms with Crippen LogP contribution in [0.2, 0.25) is 0 Å². The van der Waals surface area contributed by atoms with Crippen molar-refractivity contribution in [2.75, 3.05) is 7.05 Å². The quantitative estimate of drug-likeness (QED) is 0.616. The van der Waals surface area contributed by atoms with E-state index in [0.29, 0.717) is 11.5 Å². The summed E-state index contributed by atoms with van der Waals surface area (Å²) in [5, 5.41) is 3.62. The third-order valence-corrected chi connectivity index (χ3v) is 7.58. The summed E-state index contributed by atoms with van der Waals surface area (Å²) in [6, 6.07) is 2.78. The molecule has 0 aliphatic heterocycles. The fourth-order valence-electron chi connectivity index (χ4n) is 3.76. The molecule has 19 heavy (non-hydrogen) atoms. The average molecular weight is 409 g/mol. The first-order valence-corrected chi connectivity index (χ1v) is 9.51. The first-order chi connectivity index (χ1) is 8.98. The average Bonchev–Trinajstić information content (AvgIpc) is 2.89. The van der Waals surface area contributed by atoms with Crippen LogP contribution in [0.15, 0.2) is 14.3 Å². The maximum atomic E-state index is 3.63. The van der Waals surface area contributed by atoms with Gasteiger partial charge in [0, 0.05) is 15.4 Å². The third kappa shape index (κ3) is 3.45. The van der Waals surface area contributed by atoms with E-state index in [0.717, 1.165) is 5.92 Å². The van der Waals surface area contributed by atoms with Crippen molar-refractivity contribution in [1.29, 1.82) is 0 Å². The molecular formula is C15H23Br2NS. The van der Waals surface area contributed by atoms with Crippen molar-refractivity contribution in [2.45, 2.75) is 52.0 Å². The second-order valence-corrected chi connectivity index (χ2v) is 9.42. The fourth-order valence-corrected chi connectivity index (χ4v) is 6.10. The molecule has 0 aromatic carbocycles. The van der Waals surface area contributed by atoms with Crippen molar-refractivity contribution in [3.8, 4) is 0 Å². The predicted molar refractivity (Wildman–Crippen MR) is 91.9 cm³/mol. The number of hydrogen-bond acceptors (Lipinski definition) is 2. The molecule has 1 fully saturated rings. The van der Waals surface area contributed by atoms with Gasteiger partial charge >= 0.3 is 0 Å². The lowest BCUT2D eigenvalue weighted by Crippen LogP contribution is -2.35.